The maximum atomic E-state index is 11.0. The maximum Gasteiger partial charge on any atom is 0.148 e. The monoisotopic (exact) mass is 290 g/mol. The minimum absolute atomic E-state index is 0.224. The lowest BCUT2D eigenvalue weighted by Crippen LogP contribution is -2.54. The Morgan fingerprint density at radius 1 is 1.26 bits per heavy atom. The molecule has 112 valence electrons. The van der Waals surface area contributed by atoms with E-state index >= 15 is 0 Å². The quantitative estimate of drug-likeness (QED) is 0.711. The van der Waals surface area contributed by atoms with Crippen molar-refractivity contribution in [3.8, 4) is 0 Å². The van der Waals surface area contributed by atoms with Gasteiger partial charge in [-0.1, -0.05) is 12.8 Å². The number of ether oxygens (including phenoxy) is 1. The molecule has 0 radical (unpaired) electrons. The molecule has 2 aliphatic rings. The second-order valence-electron chi connectivity index (χ2n) is 5.68. The van der Waals surface area contributed by atoms with Crippen molar-refractivity contribution in [3.05, 3.63) is 0 Å². The van der Waals surface area contributed by atoms with E-state index in [1.165, 1.54) is 31.9 Å². The first-order valence-corrected chi connectivity index (χ1v) is 9.36. The first kappa shape index (κ1) is 15.2. The Morgan fingerprint density at radius 3 is 2.84 bits per heavy atom. The van der Waals surface area contributed by atoms with Crippen molar-refractivity contribution in [1.82, 2.24) is 10.2 Å². The van der Waals surface area contributed by atoms with E-state index in [1.54, 1.807) is 0 Å². The third-order valence-electron chi connectivity index (χ3n) is 4.07. The van der Waals surface area contributed by atoms with Crippen LogP contribution in [0.1, 0.15) is 25.7 Å². The van der Waals surface area contributed by atoms with Crippen molar-refractivity contribution in [2.45, 2.75) is 37.8 Å². The zero-order valence-electron chi connectivity index (χ0n) is 11.8. The summed E-state index contributed by atoms with van der Waals surface area (Å²) >= 11 is 0. The van der Waals surface area contributed by atoms with E-state index in [0.29, 0.717) is 18.7 Å². The molecule has 0 bridgehead atoms. The summed E-state index contributed by atoms with van der Waals surface area (Å²) in [5.41, 5.74) is 0. The van der Waals surface area contributed by atoms with Crippen LogP contribution in [0.25, 0.3) is 0 Å². The molecule has 5 nitrogen and oxygen atoms in total. The molecule has 1 saturated carbocycles. The SMILES string of the molecule is CS(=O)(=O)CCNCCN1CCOC2CCCCC21. The summed E-state index contributed by atoms with van der Waals surface area (Å²) in [7, 11) is -2.84. The highest BCUT2D eigenvalue weighted by atomic mass is 32.2. The molecule has 0 aromatic rings. The van der Waals surface area contributed by atoms with Gasteiger partial charge in [0.2, 0.25) is 0 Å². The number of hydrogen-bond acceptors (Lipinski definition) is 5. The molecule has 1 saturated heterocycles. The summed E-state index contributed by atoms with van der Waals surface area (Å²) in [6.45, 7) is 4.25. The smallest absolute Gasteiger partial charge is 0.148 e. The van der Waals surface area contributed by atoms with Gasteiger partial charge >= 0.3 is 0 Å². The first-order valence-electron chi connectivity index (χ1n) is 7.30. The van der Waals surface area contributed by atoms with Crippen molar-refractivity contribution < 1.29 is 13.2 Å². The lowest BCUT2D eigenvalue weighted by molar-refractivity contribution is -0.0873. The van der Waals surface area contributed by atoms with E-state index in [1.807, 2.05) is 0 Å². The van der Waals surface area contributed by atoms with E-state index in [-0.39, 0.29) is 5.75 Å². The minimum Gasteiger partial charge on any atom is -0.375 e. The number of fused-ring (bicyclic) bond motifs is 1. The van der Waals surface area contributed by atoms with Gasteiger partial charge in [0.05, 0.1) is 18.5 Å². The van der Waals surface area contributed by atoms with Gasteiger partial charge in [-0.25, -0.2) is 8.42 Å². The molecule has 6 heteroatoms. The summed E-state index contributed by atoms with van der Waals surface area (Å²) in [5, 5.41) is 3.22. The molecule has 19 heavy (non-hydrogen) atoms. The van der Waals surface area contributed by atoms with Gasteiger partial charge in [-0.2, -0.15) is 0 Å². The van der Waals surface area contributed by atoms with Crippen LogP contribution < -0.4 is 5.32 Å². The molecule has 1 aliphatic carbocycles. The molecule has 2 atom stereocenters. The molecule has 0 aromatic carbocycles. The van der Waals surface area contributed by atoms with Crippen LogP contribution in [0, 0.1) is 0 Å². The van der Waals surface area contributed by atoms with Gasteiger partial charge in [-0.05, 0) is 12.8 Å². The van der Waals surface area contributed by atoms with Gasteiger partial charge in [0.25, 0.3) is 0 Å². The molecule has 0 amide bonds. The molecular formula is C13H26N2O3S. The van der Waals surface area contributed by atoms with Gasteiger partial charge in [-0.15, -0.1) is 0 Å². The highest BCUT2D eigenvalue weighted by molar-refractivity contribution is 7.90. The molecule has 2 fully saturated rings. The standard InChI is InChI=1S/C13H26N2O3S/c1-19(16,17)11-7-14-6-8-15-9-10-18-13-5-3-2-4-12(13)15/h12-14H,2-11H2,1H3. The number of sulfone groups is 1. The van der Waals surface area contributed by atoms with Crippen LogP contribution in [0.3, 0.4) is 0 Å². The number of rotatable bonds is 6. The van der Waals surface area contributed by atoms with Crippen LogP contribution in [0.15, 0.2) is 0 Å². The van der Waals surface area contributed by atoms with Crippen molar-refractivity contribution in [1.29, 1.82) is 0 Å². The molecule has 0 aromatic heterocycles. The largest absolute Gasteiger partial charge is 0.375 e. The lowest BCUT2D eigenvalue weighted by Gasteiger charge is -2.43. The topological polar surface area (TPSA) is 58.6 Å². The Kier molecular flexibility index (Phi) is 5.62. The maximum absolute atomic E-state index is 11.0. The zero-order chi connectivity index (χ0) is 13.7. The lowest BCUT2D eigenvalue weighted by atomic mass is 9.90. The number of hydrogen-bond donors (Lipinski definition) is 1. The van der Waals surface area contributed by atoms with Crippen molar-refractivity contribution in [2.75, 3.05) is 44.8 Å². The van der Waals surface area contributed by atoms with Gasteiger partial charge < -0.3 is 10.1 Å². The summed E-state index contributed by atoms with van der Waals surface area (Å²) in [4.78, 5) is 2.51. The molecule has 1 N–H and O–H groups in total. The summed E-state index contributed by atoms with van der Waals surface area (Å²) in [6, 6.07) is 0.583. The second kappa shape index (κ2) is 7.02. The third kappa shape index (κ3) is 5.02. The Labute approximate surface area is 116 Å². The molecule has 2 rings (SSSR count). The summed E-state index contributed by atoms with van der Waals surface area (Å²) < 4.78 is 27.9. The van der Waals surface area contributed by atoms with E-state index in [9.17, 15) is 8.42 Å². The van der Waals surface area contributed by atoms with E-state index in [0.717, 1.165) is 26.2 Å². The Hall–Kier alpha value is -0.170. The van der Waals surface area contributed by atoms with Crippen LogP contribution >= 0.6 is 0 Å². The van der Waals surface area contributed by atoms with Gasteiger partial charge in [0.15, 0.2) is 0 Å². The van der Waals surface area contributed by atoms with Crippen LogP contribution in [-0.2, 0) is 14.6 Å². The minimum atomic E-state index is -2.84. The average Bonchev–Trinajstić information content (AvgIpc) is 2.37. The second-order valence-corrected chi connectivity index (χ2v) is 7.94. The highest BCUT2D eigenvalue weighted by Gasteiger charge is 2.33. The molecule has 1 aliphatic heterocycles. The van der Waals surface area contributed by atoms with Crippen LogP contribution in [0.4, 0.5) is 0 Å². The van der Waals surface area contributed by atoms with Gasteiger partial charge in [-0.3, -0.25) is 4.90 Å². The molecule has 2 unspecified atom stereocenters. The highest BCUT2D eigenvalue weighted by Crippen LogP contribution is 2.27. The molecule has 0 spiro atoms. The average molecular weight is 290 g/mol. The Bertz CT molecular complexity index is 370. The van der Waals surface area contributed by atoms with E-state index < -0.39 is 9.84 Å². The molecule has 1 heterocycles. The Balaban J connectivity index is 1.67. The fourth-order valence-electron chi connectivity index (χ4n) is 3.06. The number of nitrogens with zero attached hydrogens (tertiary/aromatic N) is 1. The van der Waals surface area contributed by atoms with Crippen molar-refractivity contribution in [2.24, 2.45) is 0 Å². The van der Waals surface area contributed by atoms with Crippen molar-refractivity contribution in [3.63, 3.8) is 0 Å². The number of nitrogens with one attached hydrogen (secondary N) is 1. The third-order valence-corrected chi connectivity index (χ3v) is 5.02. The molecular weight excluding hydrogens is 264 g/mol. The predicted octanol–water partition coefficient (Wildman–Crippen LogP) is 0.264. The number of morpholine rings is 1. The Morgan fingerprint density at radius 2 is 2.05 bits per heavy atom. The zero-order valence-corrected chi connectivity index (χ0v) is 12.6. The summed E-state index contributed by atoms with van der Waals surface area (Å²) in [5.74, 6) is 0.224. The van der Waals surface area contributed by atoms with E-state index in [2.05, 4.69) is 10.2 Å². The van der Waals surface area contributed by atoms with Gasteiger partial charge in [0.1, 0.15) is 9.84 Å². The summed E-state index contributed by atoms with van der Waals surface area (Å²) in [6.07, 6.45) is 6.75. The van der Waals surface area contributed by atoms with Crippen LogP contribution in [0.5, 0.6) is 0 Å². The fourth-order valence-corrected chi connectivity index (χ4v) is 3.57. The van der Waals surface area contributed by atoms with Gasteiger partial charge in [0, 0.05) is 38.5 Å². The van der Waals surface area contributed by atoms with E-state index in [4.69, 9.17) is 4.74 Å². The van der Waals surface area contributed by atoms with Crippen LogP contribution in [-0.4, -0.2) is 70.3 Å². The van der Waals surface area contributed by atoms with Crippen LogP contribution in [0.2, 0.25) is 0 Å². The normalized spacial score (nSPS) is 29.1. The first-order chi connectivity index (χ1) is 9.06. The fraction of sp³-hybridized carbons (Fsp3) is 1.00. The van der Waals surface area contributed by atoms with Crippen molar-refractivity contribution >= 4 is 9.84 Å². The predicted molar refractivity (Wildman–Crippen MR) is 76.1 cm³/mol.